The Morgan fingerprint density at radius 2 is 2.00 bits per heavy atom. The highest BCUT2D eigenvalue weighted by atomic mass is 15.3. The van der Waals surface area contributed by atoms with Gasteiger partial charge in [-0.1, -0.05) is 30.3 Å². The van der Waals surface area contributed by atoms with Crippen LogP contribution < -0.4 is 5.73 Å². The van der Waals surface area contributed by atoms with Crippen molar-refractivity contribution in [2.45, 2.75) is 13.0 Å². The molecule has 0 amide bonds. The fourth-order valence-electron chi connectivity index (χ4n) is 2.28. The largest absolute Gasteiger partial charge is 0.382 e. The summed E-state index contributed by atoms with van der Waals surface area (Å²) in [6, 6.07) is 12.2. The molecule has 0 saturated heterocycles. The molecule has 2 aromatic heterocycles. The molecule has 22 heavy (non-hydrogen) atoms. The molecule has 2 N–H and O–H groups in total. The van der Waals surface area contributed by atoms with Crippen LogP contribution in [-0.2, 0) is 0 Å². The summed E-state index contributed by atoms with van der Waals surface area (Å²) in [7, 11) is 0. The van der Waals surface area contributed by atoms with Crippen molar-refractivity contribution in [3.05, 3.63) is 60.2 Å². The van der Waals surface area contributed by atoms with Gasteiger partial charge >= 0.3 is 0 Å². The standard InChI is InChI=1S/C16H14N6/c1-11(12-5-3-2-4-6-12)22-9-13(8-21-22)15-14(7-17)16(18)20-10-19-15/h2-6,8-11H,1H3,(H2,18,19,20)/t11-/m1/s1. The number of nitrogens with two attached hydrogens (primary N) is 1. The second-order valence-corrected chi connectivity index (χ2v) is 4.89. The Morgan fingerprint density at radius 1 is 1.23 bits per heavy atom. The number of anilines is 1. The third kappa shape index (κ3) is 2.40. The summed E-state index contributed by atoms with van der Waals surface area (Å²) in [6.45, 7) is 2.06. The molecule has 1 atom stereocenters. The average molecular weight is 290 g/mol. The van der Waals surface area contributed by atoms with Crippen LogP contribution in [0.3, 0.4) is 0 Å². The van der Waals surface area contributed by atoms with Crippen LogP contribution in [0.2, 0.25) is 0 Å². The van der Waals surface area contributed by atoms with Crippen molar-refractivity contribution in [1.82, 2.24) is 19.7 Å². The zero-order valence-electron chi connectivity index (χ0n) is 12.0. The lowest BCUT2D eigenvalue weighted by Crippen LogP contribution is -2.06. The van der Waals surface area contributed by atoms with Gasteiger partial charge in [0, 0.05) is 11.8 Å². The molecule has 0 unspecified atom stereocenters. The van der Waals surface area contributed by atoms with Gasteiger partial charge in [0.1, 0.15) is 23.8 Å². The van der Waals surface area contributed by atoms with E-state index >= 15 is 0 Å². The van der Waals surface area contributed by atoms with E-state index in [0.29, 0.717) is 5.69 Å². The highest BCUT2D eigenvalue weighted by Gasteiger charge is 2.15. The Labute approximate surface area is 127 Å². The van der Waals surface area contributed by atoms with Gasteiger partial charge < -0.3 is 5.73 Å². The SMILES string of the molecule is C[C@H](c1ccccc1)n1cc(-c2ncnc(N)c2C#N)cn1. The molecular formula is C16H14N6. The molecule has 2 heterocycles. The van der Waals surface area contributed by atoms with Gasteiger partial charge in [0.2, 0.25) is 0 Å². The molecule has 0 aliphatic heterocycles. The molecule has 3 rings (SSSR count). The number of nitrogen functional groups attached to an aromatic ring is 1. The molecule has 3 aromatic rings. The summed E-state index contributed by atoms with van der Waals surface area (Å²) in [5.41, 5.74) is 8.40. The van der Waals surface area contributed by atoms with Gasteiger partial charge in [-0.2, -0.15) is 10.4 Å². The normalized spacial score (nSPS) is 11.8. The van der Waals surface area contributed by atoms with Crippen LogP contribution >= 0.6 is 0 Å². The monoisotopic (exact) mass is 290 g/mol. The first kappa shape index (κ1) is 13.8. The molecule has 108 valence electrons. The van der Waals surface area contributed by atoms with E-state index in [9.17, 15) is 5.26 Å². The Balaban J connectivity index is 1.99. The molecular weight excluding hydrogens is 276 g/mol. The summed E-state index contributed by atoms with van der Waals surface area (Å²) in [4.78, 5) is 8.00. The number of nitriles is 1. The smallest absolute Gasteiger partial charge is 0.145 e. The van der Waals surface area contributed by atoms with Gasteiger partial charge in [-0.3, -0.25) is 4.68 Å². The van der Waals surface area contributed by atoms with Crippen molar-refractivity contribution in [2.24, 2.45) is 0 Å². The van der Waals surface area contributed by atoms with Crippen LogP contribution in [0.1, 0.15) is 24.1 Å². The first-order valence-corrected chi connectivity index (χ1v) is 6.80. The minimum absolute atomic E-state index is 0.0830. The van der Waals surface area contributed by atoms with E-state index < -0.39 is 0 Å². The van der Waals surface area contributed by atoms with Crippen LogP contribution in [0.4, 0.5) is 5.82 Å². The fraction of sp³-hybridized carbons (Fsp3) is 0.125. The Bertz CT molecular complexity index is 831. The number of aromatic nitrogens is 4. The maximum Gasteiger partial charge on any atom is 0.145 e. The molecule has 0 aliphatic carbocycles. The molecule has 0 fully saturated rings. The molecule has 6 nitrogen and oxygen atoms in total. The highest BCUT2D eigenvalue weighted by molar-refractivity contribution is 5.70. The van der Waals surface area contributed by atoms with Crippen molar-refractivity contribution in [2.75, 3.05) is 5.73 Å². The summed E-state index contributed by atoms with van der Waals surface area (Å²) in [6.07, 6.45) is 4.89. The maximum absolute atomic E-state index is 9.22. The van der Waals surface area contributed by atoms with E-state index in [-0.39, 0.29) is 17.4 Å². The average Bonchev–Trinajstić information content (AvgIpc) is 3.04. The second kappa shape index (κ2) is 5.66. The highest BCUT2D eigenvalue weighted by Crippen LogP contribution is 2.25. The van der Waals surface area contributed by atoms with E-state index in [1.165, 1.54) is 6.33 Å². The summed E-state index contributed by atoms with van der Waals surface area (Å²) >= 11 is 0. The van der Waals surface area contributed by atoms with Gasteiger partial charge in [0.05, 0.1) is 17.9 Å². The number of benzene rings is 1. The summed E-state index contributed by atoms with van der Waals surface area (Å²) in [5.74, 6) is 0.177. The lowest BCUT2D eigenvalue weighted by molar-refractivity contribution is 0.564. The number of hydrogen-bond acceptors (Lipinski definition) is 5. The number of hydrogen-bond donors (Lipinski definition) is 1. The Hall–Kier alpha value is -3.20. The first-order valence-electron chi connectivity index (χ1n) is 6.80. The predicted octanol–water partition coefficient (Wildman–Crippen LogP) is 2.40. The Kier molecular flexibility index (Phi) is 3.54. The molecule has 0 saturated carbocycles. The van der Waals surface area contributed by atoms with Gasteiger partial charge in [0.25, 0.3) is 0 Å². The number of nitrogens with zero attached hydrogens (tertiary/aromatic N) is 5. The molecule has 0 radical (unpaired) electrons. The fourth-order valence-corrected chi connectivity index (χ4v) is 2.28. The summed E-state index contributed by atoms with van der Waals surface area (Å²) < 4.78 is 1.84. The van der Waals surface area contributed by atoms with E-state index in [0.717, 1.165) is 11.1 Å². The van der Waals surface area contributed by atoms with Gasteiger partial charge in [-0.25, -0.2) is 9.97 Å². The van der Waals surface area contributed by atoms with Crippen LogP contribution in [0.15, 0.2) is 49.1 Å². The van der Waals surface area contributed by atoms with Crippen molar-refractivity contribution in [3.63, 3.8) is 0 Å². The lowest BCUT2D eigenvalue weighted by atomic mass is 10.1. The maximum atomic E-state index is 9.22. The zero-order chi connectivity index (χ0) is 15.5. The van der Waals surface area contributed by atoms with Crippen LogP contribution in [0.25, 0.3) is 11.3 Å². The molecule has 0 aliphatic rings. The predicted molar refractivity (Wildman–Crippen MR) is 82.6 cm³/mol. The first-order chi connectivity index (χ1) is 10.7. The van der Waals surface area contributed by atoms with Crippen molar-refractivity contribution in [1.29, 1.82) is 5.26 Å². The van der Waals surface area contributed by atoms with Crippen molar-refractivity contribution >= 4 is 5.82 Å². The van der Waals surface area contributed by atoms with E-state index in [1.807, 2.05) is 35.1 Å². The molecule has 0 spiro atoms. The quantitative estimate of drug-likeness (QED) is 0.799. The Morgan fingerprint density at radius 3 is 2.73 bits per heavy atom. The van der Waals surface area contributed by atoms with Crippen molar-refractivity contribution in [3.8, 4) is 17.3 Å². The molecule has 1 aromatic carbocycles. The zero-order valence-corrected chi connectivity index (χ0v) is 12.0. The number of rotatable bonds is 3. The lowest BCUT2D eigenvalue weighted by Gasteiger charge is -2.12. The van der Waals surface area contributed by atoms with Gasteiger partial charge in [-0.15, -0.1) is 0 Å². The van der Waals surface area contributed by atoms with Crippen molar-refractivity contribution < 1.29 is 0 Å². The van der Waals surface area contributed by atoms with Crippen LogP contribution in [0, 0.1) is 11.3 Å². The summed E-state index contributed by atoms with van der Waals surface area (Å²) in [5, 5.41) is 13.6. The molecule has 6 heteroatoms. The second-order valence-electron chi connectivity index (χ2n) is 4.89. The minimum atomic E-state index is 0.0830. The van der Waals surface area contributed by atoms with Crippen LogP contribution in [0.5, 0.6) is 0 Å². The van der Waals surface area contributed by atoms with Gasteiger partial charge in [-0.05, 0) is 12.5 Å². The van der Waals surface area contributed by atoms with E-state index in [2.05, 4.69) is 34.1 Å². The van der Waals surface area contributed by atoms with E-state index in [4.69, 9.17) is 5.73 Å². The molecule has 0 bridgehead atoms. The topological polar surface area (TPSA) is 93.4 Å². The minimum Gasteiger partial charge on any atom is -0.382 e. The third-order valence-electron chi connectivity index (χ3n) is 3.54. The van der Waals surface area contributed by atoms with Gasteiger partial charge in [0.15, 0.2) is 0 Å². The van der Waals surface area contributed by atoms with Crippen LogP contribution in [-0.4, -0.2) is 19.7 Å². The van der Waals surface area contributed by atoms with E-state index in [1.54, 1.807) is 6.20 Å². The third-order valence-corrected chi connectivity index (χ3v) is 3.54.